The summed E-state index contributed by atoms with van der Waals surface area (Å²) in [4.78, 5) is 44.8. The van der Waals surface area contributed by atoms with Gasteiger partial charge in [0.2, 0.25) is 5.95 Å². The monoisotopic (exact) mass is 411 g/mol. The van der Waals surface area contributed by atoms with Crippen LogP contribution in [0.25, 0.3) is 11.2 Å². The van der Waals surface area contributed by atoms with Crippen LogP contribution in [0, 0.1) is 12.8 Å². The first-order valence-electron chi connectivity index (χ1n) is 10.0. The molecule has 0 saturated carbocycles. The summed E-state index contributed by atoms with van der Waals surface area (Å²) in [5.41, 5.74) is 1.62. The van der Waals surface area contributed by atoms with Crippen LogP contribution in [0.1, 0.15) is 19.4 Å². The Kier molecular flexibility index (Phi) is 4.97. The van der Waals surface area contributed by atoms with Gasteiger partial charge in [-0.3, -0.25) is 14.2 Å². The highest BCUT2D eigenvalue weighted by atomic mass is 16.5. The van der Waals surface area contributed by atoms with E-state index in [2.05, 4.69) is 16.8 Å². The van der Waals surface area contributed by atoms with Crippen molar-refractivity contribution in [1.82, 2.24) is 18.7 Å². The second kappa shape index (κ2) is 7.47. The van der Waals surface area contributed by atoms with Gasteiger partial charge in [-0.15, -0.1) is 0 Å². The number of para-hydroxylation sites is 1. The lowest BCUT2D eigenvalue weighted by Gasteiger charge is -2.33. The van der Waals surface area contributed by atoms with Gasteiger partial charge in [0.25, 0.3) is 5.56 Å². The van der Waals surface area contributed by atoms with Crippen LogP contribution in [0.2, 0.25) is 0 Å². The average molecular weight is 411 g/mol. The zero-order valence-corrected chi connectivity index (χ0v) is 17.6. The molecule has 0 saturated heterocycles. The molecule has 158 valence electrons. The Labute approximate surface area is 173 Å². The Balaban J connectivity index is 1.96. The molecule has 0 spiro atoms. The molecule has 1 aromatic carbocycles. The molecule has 0 amide bonds. The van der Waals surface area contributed by atoms with E-state index in [0.717, 1.165) is 22.4 Å². The first-order valence-corrected chi connectivity index (χ1v) is 10.0. The Morgan fingerprint density at radius 1 is 1.23 bits per heavy atom. The molecular formula is C21H25N5O4. The lowest BCUT2D eigenvalue weighted by Crippen LogP contribution is -2.42. The number of imidazole rings is 1. The third kappa shape index (κ3) is 3.10. The lowest BCUT2D eigenvalue weighted by molar-refractivity contribution is -0.143. The van der Waals surface area contributed by atoms with Gasteiger partial charge in [0.05, 0.1) is 6.61 Å². The number of anilines is 2. The van der Waals surface area contributed by atoms with Crippen molar-refractivity contribution >= 4 is 28.8 Å². The molecule has 0 aliphatic carbocycles. The first kappa shape index (κ1) is 19.9. The molecule has 9 heteroatoms. The SMILES string of the molecule is CCOC(=O)Cn1c(=O)c2c(nc3n2C[C@H](C)CN3c2ccccc2C)n(C)c1=O. The minimum absolute atomic E-state index is 0.182. The number of fused-ring (bicyclic) bond motifs is 3. The molecule has 0 bridgehead atoms. The highest BCUT2D eigenvalue weighted by Gasteiger charge is 2.30. The van der Waals surface area contributed by atoms with Crippen LogP contribution in [-0.2, 0) is 29.7 Å². The Bertz CT molecular complexity index is 1250. The van der Waals surface area contributed by atoms with Crippen LogP contribution in [0.4, 0.5) is 11.6 Å². The summed E-state index contributed by atoms with van der Waals surface area (Å²) < 4.78 is 9.03. The maximum absolute atomic E-state index is 13.3. The largest absolute Gasteiger partial charge is 0.465 e. The van der Waals surface area contributed by atoms with Gasteiger partial charge in [-0.1, -0.05) is 25.1 Å². The standard InChI is InChI=1S/C21H25N5O4/c1-5-30-16(27)12-26-19(28)17-18(23(4)21(26)29)22-20-24(10-13(2)11-25(17)20)15-9-7-6-8-14(15)3/h6-9,13H,5,10-12H2,1-4H3/t13-/m1/s1. The van der Waals surface area contributed by atoms with Crippen LogP contribution in [-0.4, -0.2) is 37.8 Å². The fourth-order valence-corrected chi connectivity index (χ4v) is 4.05. The molecule has 0 fully saturated rings. The normalized spacial score (nSPS) is 16.0. The van der Waals surface area contributed by atoms with E-state index in [1.165, 1.54) is 4.57 Å². The van der Waals surface area contributed by atoms with E-state index in [1.807, 2.05) is 35.8 Å². The van der Waals surface area contributed by atoms with Crippen molar-refractivity contribution in [3.8, 4) is 0 Å². The Morgan fingerprint density at radius 2 is 1.97 bits per heavy atom. The molecule has 3 aromatic rings. The van der Waals surface area contributed by atoms with Gasteiger partial charge in [0, 0.05) is 25.8 Å². The van der Waals surface area contributed by atoms with Crippen molar-refractivity contribution in [2.45, 2.75) is 33.9 Å². The third-order valence-electron chi connectivity index (χ3n) is 5.44. The van der Waals surface area contributed by atoms with Crippen molar-refractivity contribution in [2.75, 3.05) is 18.1 Å². The van der Waals surface area contributed by atoms with Gasteiger partial charge >= 0.3 is 11.7 Å². The molecule has 30 heavy (non-hydrogen) atoms. The second-order valence-electron chi connectivity index (χ2n) is 7.73. The van der Waals surface area contributed by atoms with Crippen LogP contribution >= 0.6 is 0 Å². The van der Waals surface area contributed by atoms with Crippen molar-refractivity contribution in [1.29, 1.82) is 0 Å². The molecular weight excluding hydrogens is 386 g/mol. The molecule has 0 radical (unpaired) electrons. The lowest BCUT2D eigenvalue weighted by atomic mass is 10.1. The summed E-state index contributed by atoms with van der Waals surface area (Å²) in [5.74, 6) is 0.257. The number of nitrogens with zero attached hydrogens (tertiary/aromatic N) is 5. The van der Waals surface area contributed by atoms with E-state index >= 15 is 0 Å². The minimum Gasteiger partial charge on any atom is -0.465 e. The summed E-state index contributed by atoms with van der Waals surface area (Å²) in [6.07, 6.45) is 0. The highest BCUT2D eigenvalue weighted by Crippen LogP contribution is 2.34. The van der Waals surface area contributed by atoms with Crippen molar-refractivity contribution in [2.24, 2.45) is 13.0 Å². The van der Waals surface area contributed by atoms with Gasteiger partial charge < -0.3 is 14.2 Å². The average Bonchev–Trinajstić information content (AvgIpc) is 3.09. The predicted octanol–water partition coefficient (Wildman–Crippen LogP) is 1.56. The summed E-state index contributed by atoms with van der Waals surface area (Å²) in [6.45, 7) is 6.92. The molecule has 4 rings (SSSR count). The van der Waals surface area contributed by atoms with E-state index in [-0.39, 0.29) is 12.5 Å². The highest BCUT2D eigenvalue weighted by molar-refractivity contribution is 5.78. The smallest absolute Gasteiger partial charge is 0.333 e. The fraction of sp³-hybridized carbons (Fsp3) is 0.429. The summed E-state index contributed by atoms with van der Waals surface area (Å²) in [5, 5.41) is 0. The summed E-state index contributed by atoms with van der Waals surface area (Å²) >= 11 is 0. The summed E-state index contributed by atoms with van der Waals surface area (Å²) in [7, 11) is 1.56. The van der Waals surface area contributed by atoms with E-state index in [0.29, 0.717) is 23.7 Å². The predicted molar refractivity (Wildman–Crippen MR) is 113 cm³/mol. The number of ether oxygens (including phenoxy) is 1. The maximum Gasteiger partial charge on any atom is 0.333 e. The van der Waals surface area contributed by atoms with Gasteiger partial charge in [-0.25, -0.2) is 9.36 Å². The zero-order chi connectivity index (χ0) is 21.6. The van der Waals surface area contributed by atoms with Crippen molar-refractivity contribution in [3.63, 3.8) is 0 Å². The number of aryl methyl sites for hydroxylation is 2. The van der Waals surface area contributed by atoms with E-state index in [9.17, 15) is 14.4 Å². The van der Waals surface area contributed by atoms with Crippen LogP contribution in [0.5, 0.6) is 0 Å². The molecule has 1 aliphatic heterocycles. The summed E-state index contributed by atoms with van der Waals surface area (Å²) in [6, 6.07) is 8.00. The molecule has 0 unspecified atom stereocenters. The number of rotatable bonds is 4. The number of hydrogen-bond acceptors (Lipinski definition) is 6. The molecule has 1 aliphatic rings. The van der Waals surface area contributed by atoms with Crippen LogP contribution in [0.3, 0.4) is 0 Å². The molecule has 2 aromatic heterocycles. The fourth-order valence-electron chi connectivity index (χ4n) is 4.05. The van der Waals surface area contributed by atoms with E-state index in [4.69, 9.17) is 4.74 Å². The maximum atomic E-state index is 13.3. The second-order valence-corrected chi connectivity index (χ2v) is 7.73. The number of carbonyl (C=O) groups excluding carboxylic acids is 1. The first-order chi connectivity index (χ1) is 14.3. The number of aromatic nitrogens is 4. The number of carbonyl (C=O) groups is 1. The van der Waals surface area contributed by atoms with Crippen LogP contribution in [0.15, 0.2) is 33.9 Å². The quantitative estimate of drug-likeness (QED) is 0.605. The van der Waals surface area contributed by atoms with Crippen molar-refractivity contribution < 1.29 is 9.53 Å². The van der Waals surface area contributed by atoms with Gasteiger partial charge in [0.1, 0.15) is 6.54 Å². The molecule has 9 nitrogen and oxygen atoms in total. The Hall–Kier alpha value is -3.36. The topological polar surface area (TPSA) is 91.4 Å². The van der Waals surface area contributed by atoms with Gasteiger partial charge in [-0.05, 0) is 31.4 Å². The number of hydrogen-bond donors (Lipinski definition) is 0. The Morgan fingerprint density at radius 3 is 2.67 bits per heavy atom. The molecule has 1 atom stereocenters. The molecule has 3 heterocycles. The van der Waals surface area contributed by atoms with Gasteiger partial charge in [0.15, 0.2) is 11.2 Å². The van der Waals surface area contributed by atoms with E-state index in [1.54, 1.807) is 14.0 Å². The van der Waals surface area contributed by atoms with Gasteiger partial charge in [-0.2, -0.15) is 4.98 Å². The number of esters is 1. The third-order valence-corrected chi connectivity index (χ3v) is 5.44. The zero-order valence-electron chi connectivity index (χ0n) is 17.6. The molecule has 0 N–H and O–H groups in total. The van der Waals surface area contributed by atoms with Crippen LogP contribution < -0.4 is 16.1 Å². The van der Waals surface area contributed by atoms with Crippen molar-refractivity contribution in [3.05, 3.63) is 50.7 Å². The minimum atomic E-state index is -0.621. The van der Waals surface area contributed by atoms with E-state index < -0.39 is 23.8 Å². The number of benzene rings is 1.